The second-order valence-corrected chi connectivity index (χ2v) is 6.38. The first-order chi connectivity index (χ1) is 11.9. The van der Waals surface area contributed by atoms with Crippen LogP contribution in [0.5, 0.6) is 5.75 Å². The van der Waals surface area contributed by atoms with Gasteiger partial charge < -0.3 is 14.7 Å². The second-order valence-electron chi connectivity index (χ2n) is 6.38. The van der Waals surface area contributed by atoms with Crippen molar-refractivity contribution < 1.29 is 14.6 Å². The first-order valence-corrected chi connectivity index (χ1v) is 8.67. The van der Waals surface area contributed by atoms with Crippen LogP contribution in [0.25, 0.3) is 0 Å². The summed E-state index contributed by atoms with van der Waals surface area (Å²) in [7, 11) is 1.71. The van der Waals surface area contributed by atoms with E-state index in [0.717, 1.165) is 11.1 Å². The van der Waals surface area contributed by atoms with Gasteiger partial charge in [-0.25, -0.2) is 0 Å². The maximum Gasteiger partial charge on any atom is 0.263 e. The number of benzene rings is 2. The molecule has 25 heavy (non-hydrogen) atoms. The fourth-order valence-corrected chi connectivity index (χ4v) is 2.73. The number of carbonyl (C=O) groups excluding carboxylic acids is 1. The highest BCUT2D eigenvalue weighted by molar-refractivity contribution is 5.81. The van der Waals surface area contributed by atoms with Crippen LogP contribution in [0, 0.1) is 6.92 Å². The molecule has 3 unspecified atom stereocenters. The Morgan fingerprint density at radius 1 is 1.16 bits per heavy atom. The van der Waals surface area contributed by atoms with E-state index in [-0.39, 0.29) is 11.9 Å². The molecule has 0 aromatic heterocycles. The number of amides is 1. The van der Waals surface area contributed by atoms with Gasteiger partial charge in [0.2, 0.25) is 0 Å². The van der Waals surface area contributed by atoms with Gasteiger partial charge in [-0.1, -0.05) is 49.4 Å². The third kappa shape index (κ3) is 4.83. The number of likely N-dealkylation sites (N-methyl/N-ethyl adjacent to an activating group) is 1. The number of hydrogen-bond donors (Lipinski definition) is 1. The normalized spacial score (nSPS) is 14.4. The highest BCUT2D eigenvalue weighted by Crippen LogP contribution is 2.22. The first-order valence-electron chi connectivity index (χ1n) is 8.67. The molecule has 4 nitrogen and oxygen atoms in total. The molecule has 3 atom stereocenters. The van der Waals surface area contributed by atoms with Crippen LogP contribution >= 0.6 is 0 Å². The van der Waals surface area contributed by atoms with E-state index < -0.39 is 12.2 Å². The summed E-state index contributed by atoms with van der Waals surface area (Å²) >= 11 is 0. The van der Waals surface area contributed by atoms with Gasteiger partial charge in [0, 0.05) is 7.05 Å². The van der Waals surface area contributed by atoms with E-state index in [0.29, 0.717) is 12.2 Å². The molecule has 4 heteroatoms. The Morgan fingerprint density at radius 2 is 1.84 bits per heavy atom. The van der Waals surface area contributed by atoms with Crippen molar-refractivity contribution in [1.82, 2.24) is 4.90 Å². The minimum atomic E-state index is -0.744. The fraction of sp³-hybridized carbons (Fsp3) is 0.381. The monoisotopic (exact) mass is 341 g/mol. The molecule has 2 aromatic carbocycles. The van der Waals surface area contributed by atoms with Gasteiger partial charge in [-0.2, -0.15) is 0 Å². The lowest BCUT2D eigenvalue weighted by Crippen LogP contribution is -2.46. The van der Waals surface area contributed by atoms with E-state index >= 15 is 0 Å². The van der Waals surface area contributed by atoms with Crippen LogP contribution in [0.4, 0.5) is 0 Å². The number of aliphatic hydroxyl groups excluding tert-OH is 1. The van der Waals surface area contributed by atoms with Gasteiger partial charge in [0.15, 0.2) is 6.10 Å². The zero-order chi connectivity index (χ0) is 18.4. The van der Waals surface area contributed by atoms with E-state index in [9.17, 15) is 9.90 Å². The van der Waals surface area contributed by atoms with E-state index in [1.807, 2.05) is 75.4 Å². The highest BCUT2D eigenvalue weighted by atomic mass is 16.5. The molecule has 0 aliphatic carbocycles. The quantitative estimate of drug-likeness (QED) is 0.835. The summed E-state index contributed by atoms with van der Waals surface area (Å²) in [5.41, 5.74) is 1.88. The lowest BCUT2D eigenvalue weighted by Gasteiger charge is -2.32. The van der Waals surface area contributed by atoms with Crippen LogP contribution in [-0.2, 0) is 4.79 Å². The van der Waals surface area contributed by atoms with Crippen LogP contribution < -0.4 is 4.74 Å². The van der Waals surface area contributed by atoms with Gasteiger partial charge in [0.1, 0.15) is 5.75 Å². The molecule has 1 N–H and O–H groups in total. The van der Waals surface area contributed by atoms with E-state index in [2.05, 4.69) is 0 Å². The molecule has 0 saturated carbocycles. The van der Waals surface area contributed by atoms with Gasteiger partial charge in [0.25, 0.3) is 5.91 Å². The van der Waals surface area contributed by atoms with Crippen LogP contribution in [0.3, 0.4) is 0 Å². The Balaban J connectivity index is 2.08. The minimum Gasteiger partial charge on any atom is -0.481 e. The number of aryl methyl sites for hydroxylation is 1. The standard InChI is InChI=1S/C21H27NO3/c1-5-19(25-18-13-9-10-15(2)14-18)21(24)22(4)16(3)20(23)17-11-7-6-8-12-17/h6-14,16,19-20,23H,5H2,1-4H3. The molecule has 0 fully saturated rings. The molecular formula is C21H27NO3. The van der Waals surface area contributed by atoms with Crippen LogP contribution in [0.2, 0.25) is 0 Å². The Labute approximate surface area is 150 Å². The molecule has 1 amide bonds. The minimum absolute atomic E-state index is 0.133. The molecule has 134 valence electrons. The van der Waals surface area contributed by atoms with Gasteiger partial charge in [-0.3, -0.25) is 4.79 Å². The van der Waals surface area contributed by atoms with Crippen LogP contribution in [-0.4, -0.2) is 35.1 Å². The van der Waals surface area contributed by atoms with Gasteiger partial charge in [0.05, 0.1) is 12.1 Å². The van der Waals surface area contributed by atoms with Crippen LogP contribution in [0.1, 0.15) is 37.5 Å². The molecule has 0 bridgehead atoms. The van der Waals surface area contributed by atoms with E-state index in [1.165, 1.54) is 0 Å². The average Bonchev–Trinajstić information content (AvgIpc) is 2.64. The summed E-state index contributed by atoms with van der Waals surface area (Å²) < 4.78 is 5.89. The Bertz CT molecular complexity index is 687. The molecule has 0 aliphatic rings. The first kappa shape index (κ1) is 19.0. The predicted molar refractivity (Wildman–Crippen MR) is 99.5 cm³/mol. The Morgan fingerprint density at radius 3 is 2.44 bits per heavy atom. The number of hydrogen-bond acceptors (Lipinski definition) is 3. The Hall–Kier alpha value is -2.33. The zero-order valence-electron chi connectivity index (χ0n) is 15.3. The van der Waals surface area contributed by atoms with Crippen molar-refractivity contribution >= 4 is 5.91 Å². The van der Waals surface area contributed by atoms with Crippen molar-refractivity contribution in [3.8, 4) is 5.75 Å². The number of nitrogens with zero attached hydrogens (tertiary/aromatic N) is 1. The third-order valence-electron chi connectivity index (χ3n) is 4.47. The van der Waals surface area contributed by atoms with Crippen molar-refractivity contribution in [1.29, 1.82) is 0 Å². The van der Waals surface area contributed by atoms with Crippen molar-refractivity contribution in [2.75, 3.05) is 7.05 Å². The molecule has 0 heterocycles. The molecule has 2 rings (SSSR count). The molecular weight excluding hydrogens is 314 g/mol. The van der Waals surface area contributed by atoms with Crippen molar-refractivity contribution in [2.45, 2.75) is 45.4 Å². The molecule has 2 aromatic rings. The van der Waals surface area contributed by atoms with Crippen molar-refractivity contribution in [3.05, 3.63) is 65.7 Å². The summed E-state index contributed by atoms with van der Waals surface area (Å²) in [4.78, 5) is 14.4. The topological polar surface area (TPSA) is 49.8 Å². The maximum absolute atomic E-state index is 12.8. The fourth-order valence-electron chi connectivity index (χ4n) is 2.73. The molecule has 0 aliphatic heterocycles. The summed E-state index contributed by atoms with van der Waals surface area (Å²) in [5, 5.41) is 10.6. The smallest absolute Gasteiger partial charge is 0.263 e. The molecule has 0 spiro atoms. The third-order valence-corrected chi connectivity index (χ3v) is 4.47. The lowest BCUT2D eigenvalue weighted by atomic mass is 10.0. The Kier molecular flexibility index (Phi) is 6.59. The number of carbonyl (C=O) groups is 1. The van der Waals surface area contributed by atoms with Crippen molar-refractivity contribution in [2.24, 2.45) is 0 Å². The summed E-state index contributed by atoms with van der Waals surface area (Å²) in [6, 6.07) is 16.7. The van der Waals surface area contributed by atoms with E-state index in [4.69, 9.17) is 4.74 Å². The zero-order valence-corrected chi connectivity index (χ0v) is 15.3. The lowest BCUT2D eigenvalue weighted by molar-refractivity contribution is -0.141. The summed E-state index contributed by atoms with van der Waals surface area (Å²) in [6.45, 7) is 5.75. The number of rotatable bonds is 7. The van der Waals surface area contributed by atoms with Crippen molar-refractivity contribution in [3.63, 3.8) is 0 Å². The maximum atomic E-state index is 12.8. The second kappa shape index (κ2) is 8.67. The van der Waals surface area contributed by atoms with Gasteiger partial charge in [-0.05, 0) is 43.5 Å². The van der Waals surface area contributed by atoms with Gasteiger partial charge in [-0.15, -0.1) is 0 Å². The summed E-state index contributed by atoms with van der Waals surface area (Å²) in [5.74, 6) is 0.552. The highest BCUT2D eigenvalue weighted by Gasteiger charge is 2.29. The van der Waals surface area contributed by atoms with E-state index in [1.54, 1.807) is 11.9 Å². The SMILES string of the molecule is CCC(Oc1cccc(C)c1)C(=O)N(C)C(C)C(O)c1ccccc1. The average molecular weight is 341 g/mol. The van der Waals surface area contributed by atoms with Crippen LogP contribution in [0.15, 0.2) is 54.6 Å². The predicted octanol–water partition coefficient (Wildman–Crippen LogP) is 3.73. The molecule has 0 saturated heterocycles. The molecule has 0 radical (unpaired) electrons. The summed E-state index contributed by atoms with van der Waals surface area (Å²) in [6.07, 6.45) is -0.755. The largest absolute Gasteiger partial charge is 0.481 e. The number of ether oxygens (including phenoxy) is 1. The number of aliphatic hydroxyl groups is 1. The van der Waals surface area contributed by atoms with Gasteiger partial charge >= 0.3 is 0 Å².